The van der Waals surface area contributed by atoms with E-state index in [9.17, 15) is 5.11 Å². The summed E-state index contributed by atoms with van der Waals surface area (Å²) in [6.45, 7) is 15.2. The molecule has 2 nitrogen and oxygen atoms in total. The normalized spacial score (nSPS) is 12.2. The van der Waals surface area contributed by atoms with E-state index in [0.717, 1.165) is 29.0 Å². The minimum absolute atomic E-state index is 0. The van der Waals surface area contributed by atoms with Gasteiger partial charge in [0.25, 0.3) is 0 Å². The van der Waals surface area contributed by atoms with Gasteiger partial charge in [-0.25, -0.2) is 0 Å². The van der Waals surface area contributed by atoms with Crippen LogP contribution in [0.25, 0.3) is 0 Å². The Hall–Kier alpha value is -1.03. The topological polar surface area (TPSA) is 32.6 Å². The van der Waals surface area contributed by atoms with Crippen LogP contribution in [0.2, 0.25) is 0 Å². The van der Waals surface area contributed by atoms with Crippen molar-refractivity contribution in [2.75, 3.05) is 5.75 Å². The predicted octanol–water partition coefficient (Wildman–Crippen LogP) is 7.24. The van der Waals surface area contributed by atoms with Gasteiger partial charge in [0, 0.05) is 44.0 Å². The fourth-order valence-corrected chi connectivity index (χ4v) is 3.66. The predicted molar refractivity (Wildman–Crippen MR) is 120 cm³/mol. The standard InChI is InChI=1S/C24H33NOS.Ti/c1-8-13-27-21-12-10-9-11-20(21)25-16-17-14-18(23(2,3)4)15-19(22(17)26)24(5,6)7;/h9-12,14-16,26H,8,13H2,1-7H3;. The summed E-state index contributed by atoms with van der Waals surface area (Å²) in [6, 6.07) is 12.4. The second-order valence-electron chi connectivity index (χ2n) is 9.04. The van der Waals surface area contributed by atoms with E-state index in [1.54, 1.807) is 0 Å². The van der Waals surface area contributed by atoms with Crippen LogP contribution in [0.15, 0.2) is 46.3 Å². The van der Waals surface area contributed by atoms with Crippen LogP contribution in [-0.2, 0) is 32.5 Å². The third kappa shape index (κ3) is 6.51. The first-order valence-corrected chi connectivity index (χ1v) is 10.7. The molecule has 150 valence electrons. The van der Waals surface area contributed by atoms with Gasteiger partial charge >= 0.3 is 0 Å². The summed E-state index contributed by atoms with van der Waals surface area (Å²) in [5.74, 6) is 1.41. The first kappa shape index (κ1) is 25.0. The molecule has 0 spiro atoms. The second kappa shape index (κ2) is 10.1. The van der Waals surface area contributed by atoms with E-state index >= 15 is 0 Å². The SMILES string of the molecule is CCCSc1ccccc1N=Cc1cc(C(C)(C)C)cc(C(C)(C)C)c1O.[Ti]. The summed E-state index contributed by atoms with van der Waals surface area (Å²) in [5.41, 5.74) is 3.77. The average molecular weight is 431 g/mol. The molecule has 0 heterocycles. The van der Waals surface area contributed by atoms with Gasteiger partial charge in [0.15, 0.2) is 0 Å². The van der Waals surface area contributed by atoms with Crippen molar-refractivity contribution in [3.63, 3.8) is 0 Å². The summed E-state index contributed by atoms with van der Waals surface area (Å²) in [5, 5.41) is 10.9. The molecule has 2 aromatic rings. The van der Waals surface area contributed by atoms with Crippen molar-refractivity contribution in [3.8, 4) is 5.75 Å². The summed E-state index contributed by atoms with van der Waals surface area (Å²) >= 11 is 1.82. The maximum Gasteiger partial charge on any atom is 0.128 e. The number of rotatable bonds is 5. The van der Waals surface area contributed by atoms with E-state index in [1.165, 1.54) is 10.5 Å². The Kier molecular flexibility index (Phi) is 9.06. The second-order valence-corrected chi connectivity index (χ2v) is 10.2. The van der Waals surface area contributed by atoms with E-state index in [1.807, 2.05) is 36.2 Å². The molecular formula is C24H33NOSTi. The first-order chi connectivity index (χ1) is 12.5. The van der Waals surface area contributed by atoms with Crippen molar-refractivity contribution in [3.05, 3.63) is 53.1 Å². The van der Waals surface area contributed by atoms with Crippen LogP contribution in [0.4, 0.5) is 5.69 Å². The average Bonchev–Trinajstić information content (AvgIpc) is 2.57. The molecule has 0 aliphatic carbocycles. The van der Waals surface area contributed by atoms with Crippen LogP contribution < -0.4 is 0 Å². The van der Waals surface area contributed by atoms with Crippen molar-refractivity contribution in [1.82, 2.24) is 0 Å². The molecule has 0 radical (unpaired) electrons. The summed E-state index contributed by atoms with van der Waals surface area (Å²) < 4.78 is 0. The zero-order valence-electron chi connectivity index (χ0n) is 18.3. The maximum atomic E-state index is 10.9. The van der Waals surface area contributed by atoms with Gasteiger partial charge < -0.3 is 5.11 Å². The number of nitrogens with zero attached hydrogens (tertiary/aromatic N) is 1. The fraction of sp³-hybridized carbons (Fsp3) is 0.458. The molecule has 0 aromatic heterocycles. The maximum absolute atomic E-state index is 10.9. The minimum Gasteiger partial charge on any atom is -0.507 e. The van der Waals surface area contributed by atoms with Crippen LogP contribution in [0.1, 0.15) is 71.6 Å². The fourth-order valence-electron chi connectivity index (χ4n) is 2.80. The Morgan fingerprint density at radius 2 is 1.64 bits per heavy atom. The van der Waals surface area contributed by atoms with Crippen molar-refractivity contribution in [2.24, 2.45) is 4.99 Å². The number of aromatic hydroxyl groups is 1. The molecule has 0 fully saturated rings. The molecule has 28 heavy (non-hydrogen) atoms. The molecule has 2 aromatic carbocycles. The monoisotopic (exact) mass is 431 g/mol. The van der Waals surface area contributed by atoms with Crippen molar-refractivity contribution in [1.29, 1.82) is 0 Å². The van der Waals surface area contributed by atoms with Gasteiger partial charge in [-0.3, -0.25) is 4.99 Å². The molecule has 0 atom stereocenters. The van der Waals surface area contributed by atoms with Gasteiger partial charge in [-0.05, 0) is 46.8 Å². The first-order valence-electron chi connectivity index (χ1n) is 9.68. The zero-order chi connectivity index (χ0) is 20.2. The largest absolute Gasteiger partial charge is 0.507 e. The molecule has 0 bridgehead atoms. The van der Waals surface area contributed by atoms with E-state index in [2.05, 4.69) is 66.7 Å². The Bertz CT molecular complexity index is 816. The van der Waals surface area contributed by atoms with Crippen LogP contribution in [0.3, 0.4) is 0 Å². The number of hydrogen-bond donors (Lipinski definition) is 1. The van der Waals surface area contributed by atoms with Gasteiger partial charge in [-0.1, -0.05) is 66.7 Å². The van der Waals surface area contributed by atoms with Crippen molar-refractivity contribution in [2.45, 2.75) is 70.6 Å². The van der Waals surface area contributed by atoms with Crippen LogP contribution >= 0.6 is 11.8 Å². The van der Waals surface area contributed by atoms with Crippen molar-refractivity contribution < 1.29 is 26.8 Å². The Balaban J connectivity index is 0.00000392. The van der Waals surface area contributed by atoms with Crippen molar-refractivity contribution >= 4 is 23.7 Å². The number of thioether (sulfide) groups is 1. The molecule has 0 amide bonds. The number of para-hydroxylation sites is 1. The molecule has 0 aliphatic rings. The summed E-state index contributed by atoms with van der Waals surface area (Å²) in [7, 11) is 0. The number of phenolic OH excluding ortho intramolecular Hbond substituents is 1. The van der Waals surface area contributed by atoms with E-state index in [-0.39, 0.29) is 32.5 Å². The Morgan fingerprint density at radius 1 is 1.00 bits per heavy atom. The van der Waals surface area contributed by atoms with Crippen LogP contribution in [0, 0.1) is 0 Å². The zero-order valence-corrected chi connectivity index (χ0v) is 20.6. The molecule has 2 rings (SSSR count). The number of hydrogen-bond acceptors (Lipinski definition) is 3. The quantitative estimate of drug-likeness (QED) is 0.308. The molecule has 0 aliphatic heterocycles. The molecular weight excluding hydrogens is 398 g/mol. The van der Waals surface area contributed by atoms with E-state index in [0.29, 0.717) is 5.75 Å². The number of aliphatic imine (C=N–C) groups is 1. The van der Waals surface area contributed by atoms with Gasteiger partial charge in [0.05, 0.1) is 5.69 Å². The van der Waals surface area contributed by atoms with Gasteiger partial charge in [0.1, 0.15) is 5.75 Å². The van der Waals surface area contributed by atoms with Gasteiger partial charge in [0.2, 0.25) is 0 Å². The molecule has 1 N–H and O–H groups in total. The Labute approximate surface area is 190 Å². The van der Waals surface area contributed by atoms with Gasteiger partial charge in [-0.2, -0.15) is 0 Å². The Morgan fingerprint density at radius 3 is 2.21 bits per heavy atom. The molecule has 4 heteroatoms. The molecule has 0 unspecified atom stereocenters. The van der Waals surface area contributed by atoms with Crippen LogP contribution in [0.5, 0.6) is 5.75 Å². The molecule has 0 saturated heterocycles. The van der Waals surface area contributed by atoms with E-state index < -0.39 is 0 Å². The third-order valence-corrected chi connectivity index (χ3v) is 5.75. The summed E-state index contributed by atoms with van der Waals surface area (Å²) in [6.07, 6.45) is 2.94. The van der Waals surface area contributed by atoms with Gasteiger partial charge in [-0.15, -0.1) is 11.8 Å². The van der Waals surface area contributed by atoms with E-state index in [4.69, 9.17) is 4.99 Å². The third-order valence-electron chi connectivity index (χ3n) is 4.48. The number of benzene rings is 2. The number of phenols is 1. The minimum atomic E-state index is -0.136. The van der Waals surface area contributed by atoms with Crippen LogP contribution in [-0.4, -0.2) is 17.1 Å². The molecule has 0 saturated carbocycles. The summed E-state index contributed by atoms with van der Waals surface area (Å²) in [4.78, 5) is 5.91. The smallest absolute Gasteiger partial charge is 0.128 e.